The fourth-order valence-electron chi connectivity index (χ4n) is 3.24. The molecule has 2 aromatic carbocycles. The van der Waals surface area contributed by atoms with Gasteiger partial charge in [-0.1, -0.05) is 18.2 Å². The van der Waals surface area contributed by atoms with E-state index in [0.717, 1.165) is 43.4 Å². The summed E-state index contributed by atoms with van der Waals surface area (Å²) >= 11 is 1.66. The molecule has 132 valence electrons. The second kappa shape index (κ2) is 6.14. The lowest BCUT2D eigenvalue weighted by Crippen LogP contribution is -2.12. The van der Waals surface area contributed by atoms with Gasteiger partial charge in [0.15, 0.2) is 0 Å². The summed E-state index contributed by atoms with van der Waals surface area (Å²) < 4.78 is 1.12. The molecule has 0 saturated heterocycles. The van der Waals surface area contributed by atoms with Crippen LogP contribution in [0.15, 0.2) is 48.7 Å². The number of para-hydroxylation sites is 1. The molecule has 1 aliphatic heterocycles. The smallest absolute Gasteiger partial charge is 0.228 e. The van der Waals surface area contributed by atoms with Crippen LogP contribution in [0, 0.1) is 6.92 Å². The average Bonchev–Trinajstić information content (AvgIpc) is 2.95. The van der Waals surface area contributed by atoms with Gasteiger partial charge in [-0.25, -0.2) is 15.0 Å². The molecule has 0 radical (unpaired) electrons. The molecular weight excluding hydrogens is 358 g/mol. The van der Waals surface area contributed by atoms with E-state index in [2.05, 4.69) is 20.6 Å². The number of benzene rings is 2. The molecule has 4 aromatic rings. The summed E-state index contributed by atoms with van der Waals surface area (Å²) in [5.74, 6) is 0.440. The molecule has 1 aliphatic rings. The van der Waals surface area contributed by atoms with E-state index >= 15 is 0 Å². The summed E-state index contributed by atoms with van der Waals surface area (Å²) in [7, 11) is 0. The largest absolute Gasteiger partial charge is 0.325 e. The van der Waals surface area contributed by atoms with Crippen molar-refractivity contribution in [2.24, 2.45) is 0 Å². The molecule has 0 bridgehead atoms. The maximum absolute atomic E-state index is 12.1. The number of anilines is 3. The van der Waals surface area contributed by atoms with Gasteiger partial charge in [-0.2, -0.15) is 0 Å². The Kier molecular flexibility index (Phi) is 3.61. The number of hydrogen-bond acceptors (Lipinski definition) is 6. The normalized spacial score (nSPS) is 12.9. The highest BCUT2D eigenvalue weighted by Crippen LogP contribution is 2.33. The van der Waals surface area contributed by atoms with E-state index in [0.29, 0.717) is 5.95 Å². The van der Waals surface area contributed by atoms with Crippen LogP contribution in [0.5, 0.6) is 0 Å². The van der Waals surface area contributed by atoms with Crippen LogP contribution in [0.2, 0.25) is 0 Å². The number of thiazole rings is 1. The zero-order valence-electron chi connectivity index (χ0n) is 14.5. The van der Waals surface area contributed by atoms with E-state index in [1.54, 1.807) is 17.5 Å². The van der Waals surface area contributed by atoms with Crippen molar-refractivity contribution >= 4 is 44.8 Å². The first-order chi connectivity index (χ1) is 13.2. The number of carbonyl (C=O) groups is 1. The van der Waals surface area contributed by atoms with E-state index in [9.17, 15) is 4.79 Å². The Morgan fingerprint density at radius 2 is 2.04 bits per heavy atom. The second-order valence-corrected chi connectivity index (χ2v) is 7.61. The van der Waals surface area contributed by atoms with Gasteiger partial charge in [-0.15, -0.1) is 11.3 Å². The third-order valence-electron chi connectivity index (χ3n) is 4.42. The van der Waals surface area contributed by atoms with Gasteiger partial charge in [-0.05, 0) is 31.2 Å². The number of amides is 1. The SMILES string of the molecule is Cc1nc2ccc(Nc3ncc4c(n3)-c3ccccc3NC(=O)C4)cc2s1. The summed E-state index contributed by atoms with van der Waals surface area (Å²) in [6, 6.07) is 13.7. The first-order valence-corrected chi connectivity index (χ1v) is 9.37. The summed E-state index contributed by atoms with van der Waals surface area (Å²) in [5, 5.41) is 7.24. The van der Waals surface area contributed by atoms with Gasteiger partial charge in [0.2, 0.25) is 11.9 Å². The number of fused-ring (bicyclic) bond motifs is 4. The van der Waals surface area contributed by atoms with Crippen molar-refractivity contribution in [2.75, 3.05) is 10.6 Å². The van der Waals surface area contributed by atoms with Crippen LogP contribution in [0.1, 0.15) is 10.6 Å². The Bertz CT molecular complexity index is 1200. The lowest BCUT2D eigenvalue weighted by molar-refractivity contribution is -0.115. The number of aryl methyl sites for hydroxylation is 1. The van der Waals surface area contributed by atoms with E-state index in [1.807, 2.05) is 49.4 Å². The van der Waals surface area contributed by atoms with Crippen LogP contribution < -0.4 is 10.6 Å². The topological polar surface area (TPSA) is 79.8 Å². The van der Waals surface area contributed by atoms with Gasteiger partial charge in [-0.3, -0.25) is 4.79 Å². The Morgan fingerprint density at radius 1 is 1.15 bits per heavy atom. The number of hydrogen-bond donors (Lipinski definition) is 2. The fraction of sp³-hybridized carbons (Fsp3) is 0.100. The van der Waals surface area contributed by atoms with Crippen molar-refractivity contribution < 1.29 is 4.79 Å². The maximum Gasteiger partial charge on any atom is 0.228 e. The van der Waals surface area contributed by atoms with Crippen LogP contribution in [0.4, 0.5) is 17.3 Å². The van der Waals surface area contributed by atoms with Gasteiger partial charge in [0, 0.05) is 23.0 Å². The molecule has 2 aromatic heterocycles. The van der Waals surface area contributed by atoms with Crippen LogP contribution in [-0.2, 0) is 11.2 Å². The quantitative estimate of drug-likeness (QED) is 0.548. The Labute approximate surface area is 159 Å². The lowest BCUT2D eigenvalue weighted by atomic mass is 10.1. The number of aromatic nitrogens is 3. The van der Waals surface area contributed by atoms with Crippen molar-refractivity contribution in [1.29, 1.82) is 0 Å². The number of carbonyl (C=O) groups excluding carboxylic acids is 1. The molecule has 0 spiro atoms. The molecule has 0 saturated carbocycles. The Balaban J connectivity index is 1.55. The third-order valence-corrected chi connectivity index (χ3v) is 5.36. The zero-order valence-corrected chi connectivity index (χ0v) is 15.3. The predicted octanol–water partition coefficient (Wildman–Crippen LogP) is 4.30. The highest BCUT2D eigenvalue weighted by atomic mass is 32.1. The molecule has 2 N–H and O–H groups in total. The first-order valence-electron chi connectivity index (χ1n) is 8.55. The summed E-state index contributed by atoms with van der Waals surface area (Å²) in [6.07, 6.45) is 1.98. The van der Waals surface area contributed by atoms with Crippen LogP contribution in [0.3, 0.4) is 0 Å². The summed E-state index contributed by atoms with van der Waals surface area (Å²) in [5.41, 5.74) is 5.16. The van der Waals surface area contributed by atoms with E-state index in [4.69, 9.17) is 4.98 Å². The van der Waals surface area contributed by atoms with Gasteiger partial charge in [0.25, 0.3) is 0 Å². The highest BCUT2D eigenvalue weighted by Gasteiger charge is 2.20. The third kappa shape index (κ3) is 2.92. The van der Waals surface area contributed by atoms with Crippen molar-refractivity contribution in [2.45, 2.75) is 13.3 Å². The van der Waals surface area contributed by atoms with Gasteiger partial charge >= 0.3 is 0 Å². The van der Waals surface area contributed by atoms with Gasteiger partial charge in [0.1, 0.15) is 0 Å². The van der Waals surface area contributed by atoms with E-state index in [1.165, 1.54) is 0 Å². The van der Waals surface area contributed by atoms with E-state index in [-0.39, 0.29) is 12.3 Å². The second-order valence-electron chi connectivity index (χ2n) is 6.38. The summed E-state index contributed by atoms with van der Waals surface area (Å²) in [4.78, 5) is 25.7. The highest BCUT2D eigenvalue weighted by molar-refractivity contribution is 7.18. The molecule has 0 unspecified atom stereocenters. The molecule has 7 heteroatoms. The monoisotopic (exact) mass is 373 g/mol. The Hall–Kier alpha value is -3.32. The molecule has 3 heterocycles. The Morgan fingerprint density at radius 3 is 2.96 bits per heavy atom. The summed E-state index contributed by atoms with van der Waals surface area (Å²) in [6.45, 7) is 2.00. The van der Waals surface area contributed by atoms with Crippen LogP contribution in [0.25, 0.3) is 21.5 Å². The minimum Gasteiger partial charge on any atom is -0.325 e. The van der Waals surface area contributed by atoms with Gasteiger partial charge in [0.05, 0.1) is 33.0 Å². The molecule has 6 nitrogen and oxygen atoms in total. The maximum atomic E-state index is 12.1. The van der Waals surface area contributed by atoms with Crippen molar-refractivity contribution in [3.05, 3.63) is 59.2 Å². The van der Waals surface area contributed by atoms with Crippen LogP contribution in [-0.4, -0.2) is 20.9 Å². The molecule has 0 aliphatic carbocycles. The van der Waals surface area contributed by atoms with Crippen molar-refractivity contribution in [1.82, 2.24) is 15.0 Å². The fourth-order valence-corrected chi connectivity index (χ4v) is 4.11. The molecule has 5 rings (SSSR count). The average molecular weight is 373 g/mol. The molecular formula is C20H15N5OS. The number of nitrogens with zero attached hydrogens (tertiary/aromatic N) is 3. The lowest BCUT2D eigenvalue weighted by Gasteiger charge is -2.10. The standard InChI is InChI=1S/C20H15N5OS/c1-11-22-16-7-6-13(9-17(16)27-11)23-20-21-10-12-8-18(26)24-15-5-3-2-4-14(15)19(12)25-20/h2-7,9-10H,8H2,1H3,(H,24,26)(H,21,23,25). The molecule has 0 fully saturated rings. The minimum absolute atomic E-state index is 0.0588. The first kappa shape index (κ1) is 15.9. The molecule has 27 heavy (non-hydrogen) atoms. The predicted molar refractivity (Wildman–Crippen MR) is 107 cm³/mol. The van der Waals surface area contributed by atoms with E-state index < -0.39 is 0 Å². The van der Waals surface area contributed by atoms with Crippen molar-refractivity contribution in [3.63, 3.8) is 0 Å². The molecule has 1 amide bonds. The minimum atomic E-state index is -0.0588. The zero-order chi connectivity index (χ0) is 18.4. The molecule has 0 atom stereocenters. The van der Waals surface area contributed by atoms with Gasteiger partial charge < -0.3 is 10.6 Å². The van der Waals surface area contributed by atoms with Crippen LogP contribution >= 0.6 is 11.3 Å². The number of nitrogens with one attached hydrogen (secondary N) is 2. The number of rotatable bonds is 2. The van der Waals surface area contributed by atoms with Crippen molar-refractivity contribution in [3.8, 4) is 11.3 Å².